The maximum Gasteiger partial charge on any atom is 0.286 e. The molecular weight excluding hydrogens is 358 g/mol. The smallest absolute Gasteiger partial charge is 0.286 e. The van der Waals surface area contributed by atoms with Gasteiger partial charge in [-0.15, -0.1) is 10.2 Å². The third-order valence-corrected chi connectivity index (χ3v) is 4.62. The fourth-order valence-corrected chi connectivity index (χ4v) is 2.95. The molecule has 1 amide bonds. The maximum atomic E-state index is 12.3. The van der Waals surface area contributed by atoms with Gasteiger partial charge in [0.15, 0.2) is 5.01 Å². The van der Waals surface area contributed by atoms with Crippen molar-refractivity contribution in [1.82, 2.24) is 10.2 Å². The Balaban J connectivity index is 1.71. The van der Waals surface area contributed by atoms with E-state index in [2.05, 4.69) is 15.5 Å². The van der Waals surface area contributed by atoms with Crippen LogP contribution < -0.4 is 10.1 Å². The Morgan fingerprint density at radius 3 is 2.44 bits per heavy atom. The van der Waals surface area contributed by atoms with Crippen LogP contribution in [0.15, 0.2) is 54.6 Å². The molecule has 0 atom stereocenters. The van der Waals surface area contributed by atoms with Crippen molar-refractivity contribution in [3.05, 3.63) is 70.2 Å². The second-order valence-electron chi connectivity index (χ2n) is 5.00. The number of halogens is 1. The standard InChI is InChI=1S/C18H14ClN3O2S/c1-24-14-9-7-13(8-10-14)20-16(23)18-22-21-17(25-18)15(19)11-12-5-3-2-4-6-12/h2-11H,1H3,(H,20,23). The van der Waals surface area contributed by atoms with Gasteiger partial charge in [-0.3, -0.25) is 4.79 Å². The summed E-state index contributed by atoms with van der Waals surface area (Å²) in [6.07, 6.45) is 1.78. The number of benzene rings is 2. The Morgan fingerprint density at radius 1 is 1.08 bits per heavy atom. The number of amides is 1. The Kier molecular flexibility index (Phi) is 5.42. The first kappa shape index (κ1) is 17.1. The number of methoxy groups -OCH3 is 1. The number of nitrogens with one attached hydrogen (secondary N) is 1. The predicted octanol–water partition coefficient (Wildman–Crippen LogP) is 4.54. The van der Waals surface area contributed by atoms with Crippen LogP contribution in [0.3, 0.4) is 0 Å². The molecular formula is C18H14ClN3O2S. The number of anilines is 1. The van der Waals surface area contributed by atoms with Gasteiger partial charge in [0.05, 0.1) is 12.1 Å². The minimum atomic E-state index is -0.335. The van der Waals surface area contributed by atoms with E-state index in [4.69, 9.17) is 16.3 Å². The predicted molar refractivity (Wildman–Crippen MR) is 101 cm³/mol. The highest BCUT2D eigenvalue weighted by atomic mass is 35.5. The monoisotopic (exact) mass is 371 g/mol. The van der Waals surface area contributed by atoms with Gasteiger partial charge in [0.1, 0.15) is 5.75 Å². The summed E-state index contributed by atoms with van der Waals surface area (Å²) in [6, 6.07) is 16.7. The second-order valence-corrected chi connectivity index (χ2v) is 6.38. The molecule has 126 valence electrons. The summed E-state index contributed by atoms with van der Waals surface area (Å²) in [6.45, 7) is 0. The van der Waals surface area contributed by atoms with Gasteiger partial charge in [-0.05, 0) is 35.9 Å². The number of nitrogens with zero attached hydrogens (tertiary/aromatic N) is 2. The van der Waals surface area contributed by atoms with Crippen molar-refractivity contribution in [2.45, 2.75) is 0 Å². The Bertz CT molecular complexity index is 892. The third-order valence-electron chi connectivity index (χ3n) is 3.26. The van der Waals surface area contributed by atoms with E-state index in [1.807, 2.05) is 30.3 Å². The van der Waals surface area contributed by atoms with Crippen LogP contribution in [0.4, 0.5) is 5.69 Å². The van der Waals surface area contributed by atoms with Crippen molar-refractivity contribution in [3.63, 3.8) is 0 Å². The zero-order valence-corrected chi connectivity index (χ0v) is 14.8. The molecule has 0 saturated heterocycles. The lowest BCUT2D eigenvalue weighted by molar-refractivity contribution is 0.102. The molecule has 0 aliphatic heterocycles. The maximum absolute atomic E-state index is 12.3. The Morgan fingerprint density at radius 2 is 1.76 bits per heavy atom. The van der Waals surface area contributed by atoms with Crippen LogP contribution in [0.5, 0.6) is 5.75 Å². The lowest BCUT2D eigenvalue weighted by Crippen LogP contribution is -2.11. The van der Waals surface area contributed by atoms with E-state index in [1.165, 1.54) is 0 Å². The number of ether oxygens (including phenoxy) is 1. The van der Waals surface area contributed by atoms with Crippen LogP contribution in [0, 0.1) is 0 Å². The first-order valence-corrected chi connectivity index (χ1v) is 8.56. The average molecular weight is 372 g/mol. The first-order valence-electron chi connectivity index (χ1n) is 7.37. The van der Waals surface area contributed by atoms with E-state index in [1.54, 1.807) is 37.5 Å². The van der Waals surface area contributed by atoms with Gasteiger partial charge >= 0.3 is 0 Å². The van der Waals surface area contributed by atoms with E-state index >= 15 is 0 Å². The summed E-state index contributed by atoms with van der Waals surface area (Å²) in [5.41, 5.74) is 1.60. The van der Waals surface area contributed by atoms with E-state index in [-0.39, 0.29) is 10.9 Å². The van der Waals surface area contributed by atoms with Crippen LogP contribution in [0.1, 0.15) is 20.4 Å². The van der Waals surface area contributed by atoms with Gasteiger partial charge in [-0.2, -0.15) is 0 Å². The van der Waals surface area contributed by atoms with Crippen molar-refractivity contribution in [2.75, 3.05) is 12.4 Å². The van der Waals surface area contributed by atoms with Gasteiger partial charge in [0.2, 0.25) is 5.01 Å². The van der Waals surface area contributed by atoms with E-state index in [0.29, 0.717) is 21.5 Å². The highest BCUT2D eigenvalue weighted by molar-refractivity contribution is 7.15. The topological polar surface area (TPSA) is 64.1 Å². The van der Waals surface area contributed by atoms with Gasteiger partial charge < -0.3 is 10.1 Å². The molecule has 3 aromatic rings. The molecule has 0 saturated carbocycles. The van der Waals surface area contributed by atoms with Crippen LogP contribution in [0.25, 0.3) is 11.1 Å². The Labute approximate surface area is 153 Å². The first-order chi connectivity index (χ1) is 12.2. The lowest BCUT2D eigenvalue weighted by atomic mass is 10.2. The zero-order chi connectivity index (χ0) is 17.6. The quantitative estimate of drug-likeness (QED) is 0.715. The number of rotatable bonds is 5. The number of carbonyl (C=O) groups excluding carboxylic acids is 1. The van der Waals surface area contributed by atoms with Crippen LogP contribution >= 0.6 is 22.9 Å². The number of aromatic nitrogens is 2. The molecule has 0 aliphatic carbocycles. The summed E-state index contributed by atoms with van der Waals surface area (Å²) in [7, 11) is 1.59. The normalized spacial score (nSPS) is 11.2. The Hall–Kier alpha value is -2.70. The SMILES string of the molecule is COc1ccc(NC(=O)c2nnc(C(Cl)=Cc3ccccc3)s2)cc1. The largest absolute Gasteiger partial charge is 0.497 e. The molecule has 5 nitrogen and oxygen atoms in total. The molecule has 0 radical (unpaired) electrons. The third kappa shape index (κ3) is 4.43. The van der Waals surface area contributed by atoms with Crippen molar-refractivity contribution >= 4 is 45.6 Å². The molecule has 0 aliphatic rings. The molecule has 1 N–H and O–H groups in total. The second kappa shape index (κ2) is 7.92. The molecule has 0 bridgehead atoms. The van der Waals surface area contributed by atoms with Gasteiger partial charge in [0.25, 0.3) is 5.91 Å². The molecule has 1 aromatic heterocycles. The summed E-state index contributed by atoms with van der Waals surface area (Å²) in [5.74, 6) is 0.382. The van der Waals surface area contributed by atoms with Crippen molar-refractivity contribution in [2.24, 2.45) is 0 Å². The van der Waals surface area contributed by atoms with Gasteiger partial charge in [-0.25, -0.2) is 0 Å². The summed E-state index contributed by atoms with van der Waals surface area (Å²) >= 11 is 7.41. The van der Waals surface area contributed by atoms with E-state index < -0.39 is 0 Å². The van der Waals surface area contributed by atoms with Crippen molar-refractivity contribution in [1.29, 1.82) is 0 Å². The molecule has 2 aromatic carbocycles. The molecule has 0 fully saturated rings. The fraction of sp³-hybridized carbons (Fsp3) is 0.0556. The number of hydrogen-bond donors (Lipinski definition) is 1. The molecule has 0 spiro atoms. The highest BCUT2D eigenvalue weighted by Crippen LogP contribution is 2.26. The van der Waals surface area contributed by atoms with Gasteiger partial charge in [0, 0.05) is 5.69 Å². The summed E-state index contributed by atoms with van der Waals surface area (Å²) in [5, 5.41) is 11.8. The van der Waals surface area contributed by atoms with E-state index in [0.717, 1.165) is 16.9 Å². The van der Waals surface area contributed by atoms with Crippen LogP contribution in [-0.2, 0) is 0 Å². The zero-order valence-electron chi connectivity index (χ0n) is 13.3. The number of carbonyl (C=O) groups is 1. The van der Waals surface area contributed by atoms with Crippen LogP contribution in [0.2, 0.25) is 0 Å². The van der Waals surface area contributed by atoms with Crippen molar-refractivity contribution < 1.29 is 9.53 Å². The molecule has 1 heterocycles. The molecule has 7 heteroatoms. The van der Waals surface area contributed by atoms with Crippen molar-refractivity contribution in [3.8, 4) is 5.75 Å². The summed E-state index contributed by atoms with van der Waals surface area (Å²) in [4.78, 5) is 12.3. The van der Waals surface area contributed by atoms with Crippen LogP contribution in [-0.4, -0.2) is 23.2 Å². The molecule has 0 unspecified atom stereocenters. The molecule has 3 rings (SSSR count). The minimum absolute atomic E-state index is 0.241. The van der Waals surface area contributed by atoms with E-state index in [9.17, 15) is 4.79 Å². The summed E-state index contributed by atoms with van der Waals surface area (Å²) < 4.78 is 5.08. The lowest BCUT2D eigenvalue weighted by Gasteiger charge is -2.03. The molecule has 25 heavy (non-hydrogen) atoms. The fourth-order valence-electron chi connectivity index (χ4n) is 2.03. The highest BCUT2D eigenvalue weighted by Gasteiger charge is 2.14. The average Bonchev–Trinajstić information content (AvgIpc) is 3.14. The van der Waals surface area contributed by atoms with Gasteiger partial charge in [-0.1, -0.05) is 53.3 Å². The number of hydrogen-bond acceptors (Lipinski definition) is 5. The minimum Gasteiger partial charge on any atom is -0.497 e.